The lowest BCUT2D eigenvalue weighted by Gasteiger charge is -2.18. The van der Waals surface area contributed by atoms with Crippen LogP contribution in [0, 0.1) is 13.8 Å². The van der Waals surface area contributed by atoms with Crippen LogP contribution in [-0.4, -0.2) is 13.6 Å². The number of aliphatic imine (C=N–C) groups is 1. The summed E-state index contributed by atoms with van der Waals surface area (Å²) in [6.07, 6.45) is 3.39. The summed E-state index contributed by atoms with van der Waals surface area (Å²) in [5.74, 6) is 0. The zero-order valence-electron chi connectivity index (χ0n) is 12.9. The molecular weight excluding hydrogens is 256 g/mol. The third kappa shape index (κ3) is 3.62. The summed E-state index contributed by atoms with van der Waals surface area (Å²) in [4.78, 5) is 5.23. The molecule has 0 amide bonds. The van der Waals surface area contributed by atoms with Crippen molar-refractivity contribution in [2.75, 3.05) is 0 Å². The van der Waals surface area contributed by atoms with E-state index in [-0.39, 0.29) is 0 Å². The van der Waals surface area contributed by atoms with Gasteiger partial charge in [0.05, 0.1) is 22.7 Å². The number of hydrogen-bond acceptors (Lipinski definition) is 2. The Hall–Kier alpha value is -0.765. The SMILES string of the molecule is Bc1c(C)c(SF)c(N=C(C)C)c(C)c1CCCC. The van der Waals surface area contributed by atoms with E-state index in [1.807, 2.05) is 20.8 Å². The molecule has 0 fully saturated rings. The van der Waals surface area contributed by atoms with Gasteiger partial charge in [0.1, 0.15) is 7.85 Å². The molecule has 1 aromatic rings. The summed E-state index contributed by atoms with van der Waals surface area (Å²) < 4.78 is 13.3. The van der Waals surface area contributed by atoms with Crippen molar-refractivity contribution in [3.63, 3.8) is 0 Å². The first-order chi connectivity index (χ1) is 8.93. The molecule has 19 heavy (non-hydrogen) atoms. The number of rotatable bonds is 5. The molecule has 1 aromatic carbocycles. The van der Waals surface area contributed by atoms with Gasteiger partial charge in [-0.15, -0.1) is 0 Å². The lowest BCUT2D eigenvalue weighted by atomic mass is 9.81. The fourth-order valence-electron chi connectivity index (χ4n) is 2.35. The Labute approximate surface area is 121 Å². The second-order valence-electron chi connectivity index (χ2n) is 5.27. The zero-order valence-corrected chi connectivity index (χ0v) is 13.7. The van der Waals surface area contributed by atoms with Crippen LogP contribution >= 0.6 is 12.1 Å². The van der Waals surface area contributed by atoms with E-state index in [2.05, 4.69) is 26.7 Å². The quantitative estimate of drug-likeness (QED) is 0.586. The maximum Gasteiger partial charge on any atom is 0.140 e. The van der Waals surface area contributed by atoms with E-state index < -0.39 is 0 Å². The van der Waals surface area contributed by atoms with Crippen LogP contribution in [0.5, 0.6) is 0 Å². The zero-order chi connectivity index (χ0) is 14.6. The molecule has 0 aromatic heterocycles. The van der Waals surface area contributed by atoms with Gasteiger partial charge in [-0.3, -0.25) is 4.99 Å². The Balaban J connectivity index is 3.51. The van der Waals surface area contributed by atoms with Gasteiger partial charge in [-0.05, 0) is 57.2 Å². The van der Waals surface area contributed by atoms with E-state index in [0.29, 0.717) is 17.0 Å². The van der Waals surface area contributed by atoms with Gasteiger partial charge in [-0.25, -0.2) is 0 Å². The second-order valence-corrected chi connectivity index (χ2v) is 5.83. The highest BCUT2D eigenvalue weighted by Crippen LogP contribution is 2.37. The summed E-state index contributed by atoms with van der Waals surface area (Å²) in [6, 6.07) is 0. The molecule has 0 aliphatic rings. The molecule has 0 saturated carbocycles. The van der Waals surface area contributed by atoms with Crippen molar-refractivity contribution in [3.8, 4) is 0 Å². The summed E-state index contributed by atoms with van der Waals surface area (Å²) in [5.41, 5.74) is 6.52. The van der Waals surface area contributed by atoms with Crippen molar-refractivity contribution in [1.82, 2.24) is 0 Å². The predicted octanol–water partition coefficient (Wildman–Crippen LogP) is 3.99. The molecule has 0 bridgehead atoms. The fourth-order valence-corrected chi connectivity index (χ4v) is 2.89. The molecule has 0 saturated heterocycles. The summed E-state index contributed by atoms with van der Waals surface area (Å²) >= 11 is 0.318. The molecule has 1 rings (SSSR count). The second kappa shape index (κ2) is 7.13. The van der Waals surface area contributed by atoms with Crippen LogP contribution in [0.4, 0.5) is 9.57 Å². The van der Waals surface area contributed by atoms with Gasteiger partial charge in [-0.2, -0.15) is 3.89 Å². The van der Waals surface area contributed by atoms with Crippen molar-refractivity contribution in [2.45, 2.75) is 58.8 Å². The number of benzene rings is 1. The minimum atomic E-state index is 0.318. The minimum Gasteiger partial charge on any atom is -0.257 e. The van der Waals surface area contributed by atoms with Crippen LogP contribution in [-0.2, 0) is 6.42 Å². The Bertz CT molecular complexity index is 494. The molecule has 0 N–H and O–H groups in total. The van der Waals surface area contributed by atoms with Crippen molar-refractivity contribution in [2.24, 2.45) is 4.99 Å². The lowest BCUT2D eigenvalue weighted by molar-refractivity contribution is 0.792. The Morgan fingerprint density at radius 2 is 1.89 bits per heavy atom. The molecule has 0 heterocycles. The summed E-state index contributed by atoms with van der Waals surface area (Å²) in [5, 5.41) is 0. The largest absolute Gasteiger partial charge is 0.257 e. The van der Waals surface area contributed by atoms with Gasteiger partial charge in [0.15, 0.2) is 0 Å². The molecule has 0 spiro atoms. The van der Waals surface area contributed by atoms with Crippen molar-refractivity contribution in [3.05, 3.63) is 16.7 Å². The number of unbranched alkanes of at least 4 members (excludes halogenated alkanes) is 1. The van der Waals surface area contributed by atoms with Crippen LogP contribution in [0.25, 0.3) is 0 Å². The summed E-state index contributed by atoms with van der Waals surface area (Å²) in [7, 11) is 2.10. The maximum absolute atomic E-state index is 13.3. The number of halogens is 1. The Morgan fingerprint density at radius 1 is 1.26 bits per heavy atom. The first kappa shape index (κ1) is 16.3. The molecule has 0 aliphatic carbocycles. The first-order valence-electron chi connectivity index (χ1n) is 6.87. The van der Waals surface area contributed by atoms with Gasteiger partial charge in [0.25, 0.3) is 0 Å². The first-order valence-corrected chi connectivity index (χ1v) is 7.58. The smallest absolute Gasteiger partial charge is 0.140 e. The molecular formula is C15H23BFNS. The van der Waals surface area contributed by atoms with Gasteiger partial charge >= 0.3 is 0 Å². The van der Waals surface area contributed by atoms with Crippen molar-refractivity contribution in [1.29, 1.82) is 0 Å². The van der Waals surface area contributed by atoms with E-state index in [9.17, 15) is 3.89 Å². The maximum atomic E-state index is 13.3. The highest BCUT2D eigenvalue weighted by atomic mass is 32.2. The van der Waals surface area contributed by atoms with Crippen LogP contribution in [0.3, 0.4) is 0 Å². The molecule has 104 valence electrons. The third-order valence-electron chi connectivity index (χ3n) is 3.57. The Morgan fingerprint density at radius 3 is 2.37 bits per heavy atom. The average molecular weight is 279 g/mol. The molecule has 0 radical (unpaired) electrons. The van der Waals surface area contributed by atoms with E-state index >= 15 is 0 Å². The highest BCUT2D eigenvalue weighted by molar-refractivity contribution is 7.94. The average Bonchev–Trinajstić information content (AvgIpc) is 2.36. The van der Waals surface area contributed by atoms with Gasteiger partial charge in [-0.1, -0.05) is 18.8 Å². The lowest BCUT2D eigenvalue weighted by Crippen LogP contribution is -2.17. The topological polar surface area (TPSA) is 12.4 Å². The standard InChI is InChI=1S/C15H23BFNS/c1-6-7-8-12-10(4)14(18-9(2)3)15(19-17)11(5)13(12)16/h6-8,16H2,1-5H3. The van der Waals surface area contributed by atoms with Crippen LogP contribution in [0.2, 0.25) is 0 Å². The van der Waals surface area contributed by atoms with E-state index in [4.69, 9.17) is 0 Å². The van der Waals surface area contributed by atoms with Gasteiger partial charge in [0, 0.05) is 5.71 Å². The molecule has 0 atom stereocenters. The van der Waals surface area contributed by atoms with Crippen LogP contribution in [0.1, 0.15) is 50.3 Å². The normalized spacial score (nSPS) is 10.6. The molecule has 0 aliphatic heterocycles. The minimum absolute atomic E-state index is 0.318. The van der Waals surface area contributed by atoms with E-state index in [1.165, 1.54) is 17.4 Å². The van der Waals surface area contributed by atoms with E-state index in [1.54, 1.807) is 0 Å². The molecule has 4 heteroatoms. The predicted molar refractivity (Wildman–Crippen MR) is 88.1 cm³/mol. The van der Waals surface area contributed by atoms with E-state index in [0.717, 1.165) is 35.4 Å². The number of nitrogens with zero attached hydrogens (tertiary/aromatic N) is 1. The van der Waals surface area contributed by atoms with Gasteiger partial charge in [0.2, 0.25) is 0 Å². The van der Waals surface area contributed by atoms with Crippen LogP contribution in [0.15, 0.2) is 9.89 Å². The molecule has 0 unspecified atom stereocenters. The molecule has 1 nitrogen and oxygen atoms in total. The monoisotopic (exact) mass is 279 g/mol. The van der Waals surface area contributed by atoms with Crippen molar-refractivity contribution >= 4 is 36.9 Å². The fraction of sp³-hybridized carbons (Fsp3) is 0.533. The van der Waals surface area contributed by atoms with Gasteiger partial charge < -0.3 is 0 Å². The Kier molecular flexibility index (Phi) is 6.12. The van der Waals surface area contributed by atoms with Crippen LogP contribution < -0.4 is 5.46 Å². The third-order valence-corrected chi connectivity index (χ3v) is 4.23. The number of hydrogen-bond donors (Lipinski definition) is 0. The summed E-state index contributed by atoms with van der Waals surface area (Å²) in [6.45, 7) is 10.2. The highest BCUT2D eigenvalue weighted by Gasteiger charge is 2.17. The van der Waals surface area contributed by atoms with Crippen molar-refractivity contribution < 1.29 is 3.89 Å².